The van der Waals surface area contributed by atoms with Crippen LogP contribution in [0, 0.1) is 0 Å². The van der Waals surface area contributed by atoms with Crippen LogP contribution < -0.4 is 25.2 Å². The van der Waals surface area contributed by atoms with Gasteiger partial charge in [0.1, 0.15) is 22.9 Å². The number of nitrogens with zero attached hydrogens (tertiary/aromatic N) is 2. The van der Waals surface area contributed by atoms with Crippen LogP contribution in [0.4, 0.5) is 5.69 Å². The summed E-state index contributed by atoms with van der Waals surface area (Å²) >= 11 is 12.4. The summed E-state index contributed by atoms with van der Waals surface area (Å²) < 4.78 is 17.1. The maximum Gasteiger partial charge on any atom is 0.347 e. The zero-order chi connectivity index (χ0) is 25.4. The monoisotopic (exact) mass is 519 g/mol. The average molecular weight is 520 g/mol. The number of hydrogen-bond acceptors (Lipinski definition) is 7. The topological polar surface area (TPSA) is 107 Å². The van der Waals surface area contributed by atoms with E-state index in [1.165, 1.54) is 19.0 Å². The second-order valence-electron chi connectivity index (χ2n) is 8.10. The summed E-state index contributed by atoms with van der Waals surface area (Å²) in [7, 11) is 0. The number of carbonyl (C=O) groups is 1. The van der Waals surface area contributed by atoms with Crippen molar-refractivity contribution in [2.75, 3.05) is 18.3 Å². The van der Waals surface area contributed by atoms with Crippen molar-refractivity contribution in [2.24, 2.45) is 10.9 Å². The van der Waals surface area contributed by atoms with Crippen molar-refractivity contribution in [2.45, 2.75) is 32.3 Å². The number of benzene rings is 2. The van der Waals surface area contributed by atoms with Crippen LogP contribution in [0.15, 0.2) is 65.8 Å². The smallest absolute Gasteiger partial charge is 0.347 e. The molecule has 0 aliphatic heterocycles. The summed E-state index contributed by atoms with van der Waals surface area (Å²) in [6.07, 6.45) is 9.00. The molecule has 3 rings (SSSR count). The Hall–Kier alpha value is -3.20. The number of ether oxygens (including phenoxy) is 3. The molecule has 0 atom stereocenters. The molecule has 186 valence electrons. The maximum atomic E-state index is 11.2. The summed E-state index contributed by atoms with van der Waals surface area (Å²) in [6, 6.07) is 9.97. The third-order valence-corrected chi connectivity index (χ3v) is 5.40. The molecule has 8 nitrogen and oxygen atoms in total. The number of hydrazine groups is 1. The zero-order valence-electron chi connectivity index (χ0n) is 19.4. The average Bonchev–Trinajstić information content (AvgIpc) is 2.81. The Morgan fingerprint density at radius 1 is 1.11 bits per heavy atom. The van der Waals surface area contributed by atoms with Crippen molar-refractivity contribution in [3.05, 3.63) is 70.7 Å². The van der Waals surface area contributed by atoms with E-state index in [9.17, 15) is 9.90 Å². The minimum Gasteiger partial charge on any atom is -0.493 e. The summed E-state index contributed by atoms with van der Waals surface area (Å²) in [5, 5.41) is 15.6. The lowest BCUT2D eigenvalue weighted by Gasteiger charge is -2.22. The highest BCUT2D eigenvalue weighted by atomic mass is 35.5. The molecule has 0 spiro atoms. The van der Waals surface area contributed by atoms with Crippen LogP contribution in [0.1, 0.15) is 26.7 Å². The first-order valence-electron chi connectivity index (χ1n) is 10.9. The number of anilines is 1. The molecule has 0 saturated heterocycles. The molecule has 0 fully saturated rings. The second kappa shape index (κ2) is 12.0. The first-order valence-corrected chi connectivity index (χ1v) is 11.6. The SMILES string of the molecule is CC(C)(Oc1ccc(OCCCOc2ccc(Cl)cc2N(N)/N=C2/C=CC=CC2)cc1Cl)C(=O)O. The predicted octanol–water partition coefficient (Wildman–Crippen LogP) is 5.64. The van der Waals surface area contributed by atoms with E-state index < -0.39 is 11.6 Å². The lowest BCUT2D eigenvalue weighted by Crippen LogP contribution is -2.37. The molecular weight excluding hydrogens is 493 g/mol. The Labute approximate surface area is 214 Å². The standard InChI is InChI=1S/C25H27Cl2N3O5/c1-25(2,24(31)32)35-22-12-10-19(16-20(22)27)33-13-6-14-34-23-11-9-17(26)15-21(23)30(28)29-18-7-4-3-5-8-18/h3-5,7,9-12,15-16H,6,8,13-14,28H2,1-2H3,(H,31,32)/b29-18-. The number of nitrogens with two attached hydrogens (primary N) is 1. The fraction of sp³-hybridized carbons (Fsp3) is 0.280. The van der Waals surface area contributed by atoms with E-state index in [-0.39, 0.29) is 10.8 Å². The lowest BCUT2D eigenvalue weighted by atomic mass is 10.1. The summed E-state index contributed by atoms with van der Waals surface area (Å²) in [5.41, 5.74) is -0.0458. The van der Waals surface area contributed by atoms with Crippen molar-refractivity contribution >= 4 is 40.6 Å². The van der Waals surface area contributed by atoms with E-state index >= 15 is 0 Å². The van der Waals surface area contributed by atoms with Gasteiger partial charge in [-0.2, -0.15) is 10.2 Å². The van der Waals surface area contributed by atoms with Gasteiger partial charge in [0.2, 0.25) is 0 Å². The number of aliphatic carboxylic acids is 1. The van der Waals surface area contributed by atoms with Crippen LogP contribution in [-0.4, -0.2) is 35.6 Å². The van der Waals surface area contributed by atoms with Gasteiger partial charge in [0, 0.05) is 23.9 Å². The quantitative estimate of drug-likeness (QED) is 0.225. The van der Waals surface area contributed by atoms with Crippen molar-refractivity contribution in [3.63, 3.8) is 0 Å². The molecule has 1 aliphatic carbocycles. The van der Waals surface area contributed by atoms with E-state index in [1.807, 2.05) is 24.3 Å². The molecule has 2 aromatic carbocycles. The first-order chi connectivity index (χ1) is 16.7. The normalized spacial score (nSPS) is 14.1. The maximum absolute atomic E-state index is 11.2. The molecule has 2 aromatic rings. The Bertz CT molecular complexity index is 1150. The van der Waals surface area contributed by atoms with Gasteiger partial charge in [0.15, 0.2) is 5.60 Å². The van der Waals surface area contributed by atoms with Crippen LogP contribution >= 0.6 is 23.2 Å². The number of allylic oxidation sites excluding steroid dienone is 4. The molecule has 0 aromatic heterocycles. The van der Waals surface area contributed by atoms with Crippen LogP contribution in [0.3, 0.4) is 0 Å². The van der Waals surface area contributed by atoms with Crippen LogP contribution in [0.25, 0.3) is 0 Å². The van der Waals surface area contributed by atoms with Crippen LogP contribution in [-0.2, 0) is 4.79 Å². The summed E-state index contributed by atoms with van der Waals surface area (Å²) in [6.45, 7) is 3.63. The largest absolute Gasteiger partial charge is 0.493 e. The lowest BCUT2D eigenvalue weighted by molar-refractivity contribution is -0.152. The Morgan fingerprint density at radius 2 is 1.86 bits per heavy atom. The van der Waals surface area contributed by atoms with Crippen LogP contribution in [0.5, 0.6) is 17.2 Å². The molecule has 10 heteroatoms. The van der Waals surface area contributed by atoms with Gasteiger partial charge < -0.3 is 19.3 Å². The van der Waals surface area contributed by atoms with Crippen LogP contribution in [0.2, 0.25) is 10.0 Å². The molecule has 1 aliphatic rings. The molecule has 3 N–H and O–H groups in total. The summed E-state index contributed by atoms with van der Waals surface area (Å²) in [4.78, 5) is 11.2. The third-order valence-electron chi connectivity index (χ3n) is 4.87. The Morgan fingerprint density at radius 3 is 2.54 bits per heavy atom. The molecule has 0 amide bonds. The first kappa shape index (κ1) is 26.4. The number of carboxylic acids is 1. The molecule has 0 radical (unpaired) electrons. The fourth-order valence-electron chi connectivity index (χ4n) is 2.96. The molecule has 0 saturated carbocycles. The van der Waals surface area contributed by atoms with E-state index in [0.717, 1.165) is 5.71 Å². The third kappa shape index (κ3) is 7.65. The fourth-order valence-corrected chi connectivity index (χ4v) is 3.34. The highest BCUT2D eigenvalue weighted by Gasteiger charge is 2.30. The number of rotatable bonds is 11. The Balaban J connectivity index is 1.52. The van der Waals surface area contributed by atoms with Gasteiger partial charge in [0.25, 0.3) is 0 Å². The van der Waals surface area contributed by atoms with Gasteiger partial charge in [-0.05, 0) is 50.3 Å². The van der Waals surface area contributed by atoms with E-state index in [2.05, 4.69) is 5.10 Å². The highest BCUT2D eigenvalue weighted by molar-refractivity contribution is 6.32. The molecule has 0 unspecified atom stereocenters. The summed E-state index contributed by atoms with van der Waals surface area (Å²) in [5.74, 6) is 6.40. The van der Waals surface area contributed by atoms with Gasteiger partial charge in [-0.25, -0.2) is 10.6 Å². The number of halogens is 2. The van der Waals surface area contributed by atoms with Gasteiger partial charge in [-0.3, -0.25) is 0 Å². The highest BCUT2D eigenvalue weighted by Crippen LogP contribution is 2.32. The number of hydrogen-bond donors (Lipinski definition) is 2. The molecule has 0 bridgehead atoms. The van der Waals surface area contributed by atoms with Gasteiger partial charge in [-0.1, -0.05) is 41.4 Å². The van der Waals surface area contributed by atoms with E-state index in [4.69, 9.17) is 43.3 Å². The Kier molecular flexibility index (Phi) is 9.03. The number of carboxylic acid groups (broad SMARTS) is 1. The minimum absolute atomic E-state index is 0.256. The van der Waals surface area contributed by atoms with Crippen molar-refractivity contribution in [1.82, 2.24) is 0 Å². The van der Waals surface area contributed by atoms with E-state index in [0.29, 0.717) is 48.3 Å². The molecule has 35 heavy (non-hydrogen) atoms. The molecular formula is C25H27Cl2N3O5. The molecule has 0 heterocycles. The zero-order valence-corrected chi connectivity index (χ0v) is 20.9. The van der Waals surface area contributed by atoms with Gasteiger partial charge >= 0.3 is 5.97 Å². The van der Waals surface area contributed by atoms with Crippen molar-refractivity contribution in [1.29, 1.82) is 0 Å². The van der Waals surface area contributed by atoms with Crippen molar-refractivity contribution < 1.29 is 24.1 Å². The predicted molar refractivity (Wildman–Crippen MR) is 138 cm³/mol. The number of hydrazone groups is 1. The van der Waals surface area contributed by atoms with E-state index in [1.54, 1.807) is 36.4 Å². The van der Waals surface area contributed by atoms with Gasteiger partial charge in [-0.15, -0.1) is 0 Å². The van der Waals surface area contributed by atoms with Gasteiger partial charge in [0.05, 0.1) is 23.9 Å². The second-order valence-corrected chi connectivity index (χ2v) is 8.94. The minimum atomic E-state index is -1.40. The van der Waals surface area contributed by atoms with Crippen molar-refractivity contribution in [3.8, 4) is 17.2 Å².